The Balaban J connectivity index is 2.13. The highest BCUT2D eigenvalue weighted by molar-refractivity contribution is 6.30. The standard InChI is InChI=1S/C13H15ClFNO/c14-10-3-2-9(11(15)7-10)6-12(17)13(8-16)4-1-5-13/h2-3,7H,1,4-6,8,16H2. The molecule has 1 aromatic carbocycles. The summed E-state index contributed by atoms with van der Waals surface area (Å²) in [5, 5.41) is 0.343. The van der Waals surface area contributed by atoms with Crippen LogP contribution < -0.4 is 5.73 Å². The van der Waals surface area contributed by atoms with Crippen molar-refractivity contribution in [3.8, 4) is 0 Å². The molecule has 0 unspecified atom stereocenters. The van der Waals surface area contributed by atoms with Gasteiger partial charge >= 0.3 is 0 Å². The third kappa shape index (κ3) is 2.35. The largest absolute Gasteiger partial charge is 0.329 e. The fourth-order valence-corrected chi connectivity index (χ4v) is 2.38. The Kier molecular flexibility index (Phi) is 3.50. The molecule has 0 amide bonds. The molecular weight excluding hydrogens is 241 g/mol. The molecule has 0 spiro atoms. The minimum absolute atomic E-state index is 0.0486. The van der Waals surface area contributed by atoms with Crippen LogP contribution in [-0.2, 0) is 11.2 Å². The van der Waals surface area contributed by atoms with Gasteiger partial charge in [-0.3, -0.25) is 4.79 Å². The molecule has 17 heavy (non-hydrogen) atoms. The molecule has 0 saturated heterocycles. The van der Waals surface area contributed by atoms with Crippen molar-refractivity contribution < 1.29 is 9.18 Å². The maximum absolute atomic E-state index is 13.6. The molecular formula is C13H15ClFNO. The third-order valence-electron chi connectivity index (χ3n) is 3.66. The number of nitrogens with two attached hydrogens (primary N) is 1. The molecule has 1 saturated carbocycles. The van der Waals surface area contributed by atoms with Crippen LogP contribution in [0, 0.1) is 11.2 Å². The molecule has 0 aliphatic heterocycles. The van der Waals surface area contributed by atoms with E-state index in [0.717, 1.165) is 19.3 Å². The lowest BCUT2D eigenvalue weighted by atomic mass is 9.65. The number of carbonyl (C=O) groups is 1. The van der Waals surface area contributed by atoms with Crippen molar-refractivity contribution in [2.24, 2.45) is 11.1 Å². The van der Waals surface area contributed by atoms with Crippen LogP contribution in [0.4, 0.5) is 4.39 Å². The molecule has 1 aliphatic rings. The van der Waals surface area contributed by atoms with Gasteiger partial charge in [-0.2, -0.15) is 0 Å². The smallest absolute Gasteiger partial charge is 0.144 e. The first-order valence-corrected chi connectivity index (χ1v) is 6.12. The number of carbonyl (C=O) groups excluding carboxylic acids is 1. The Labute approximate surface area is 105 Å². The number of rotatable bonds is 4. The summed E-state index contributed by atoms with van der Waals surface area (Å²) in [5.41, 5.74) is 5.66. The van der Waals surface area contributed by atoms with Crippen molar-refractivity contribution in [2.75, 3.05) is 6.54 Å². The highest BCUT2D eigenvalue weighted by Crippen LogP contribution is 2.41. The van der Waals surface area contributed by atoms with Crippen LogP contribution in [0.5, 0.6) is 0 Å². The van der Waals surface area contributed by atoms with Gasteiger partial charge in [0.1, 0.15) is 11.6 Å². The van der Waals surface area contributed by atoms with E-state index >= 15 is 0 Å². The second kappa shape index (κ2) is 4.75. The van der Waals surface area contributed by atoms with Crippen molar-refractivity contribution in [3.63, 3.8) is 0 Å². The number of hydrogen-bond donors (Lipinski definition) is 1. The van der Waals surface area contributed by atoms with E-state index in [2.05, 4.69) is 0 Å². The van der Waals surface area contributed by atoms with Gasteiger partial charge in [0.25, 0.3) is 0 Å². The quantitative estimate of drug-likeness (QED) is 0.899. The molecule has 4 heteroatoms. The molecule has 0 atom stereocenters. The van der Waals surface area contributed by atoms with Crippen molar-refractivity contribution in [1.82, 2.24) is 0 Å². The molecule has 92 valence electrons. The highest BCUT2D eigenvalue weighted by atomic mass is 35.5. The number of halogens is 2. The summed E-state index contributed by atoms with van der Waals surface area (Å²) < 4.78 is 13.6. The van der Waals surface area contributed by atoms with E-state index in [1.54, 1.807) is 12.1 Å². The SMILES string of the molecule is NCC1(C(=O)Cc2ccc(Cl)cc2F)CCC1. The minimum atomic E-state index is -0.419. The topological polar surface area (TPSA) is 43.1 Å². The van der Waals surface area contributed by atoms with Gasteiger partial charge in [0, 0.05) is 23.4 Å². The van der Waals surface area contributed by atoms with E-state index < -0.39 is 11.2 Å². The Morgan fingerprint density at radius 2 is 2.18 bits per heavy atom. The molecule has 0 bridgehead atoms. The molecule has 1 fully saturated rings. The van der Waals surface area contributed by atoms with Crippen LogP contribution in [0.3, 0.4) is 0 Å². The van der Waals surface area contributed by atoms with E-state index in [-0.39, 0.29) is 12.2 Å². The predicted octanol–water partition coefficient (Wildman–Crippen LogP) is 2.72. The first-order valence-electron chi connectivity index (χ1n) is 5.75. The fraction of sp³-hybridized carbons (Fsp3) is 0.462. The van der Waals surface area contributed by atoms with Crippen LogP contribution in [0.2, 0.25) is 5.02 Å². The summed E-state index contributed by atoms with van der Waals surface area (Å²) >= 11 is 5.66. The lowest BCUT2D eigenvalue weighted by Crippen LogP contribution is -2.45. The van der Waals surface area contributed by atoms with Crippen LogP contribution >= 0.6 is 11.6 Å². The first kappa shape index (κ1) is 12.5. The normalized spacial score (nSPS) is 17.6. The maximum atomic E-state index is 13.6. The van der Waals surface area contributed by atoms with Crippen molar-refractivity contribution in [1.29, 1.82) is 0 Å². The van der Waals surface area contributed by atoms with Gasteiger partial charge in [-0.15, -0.1) is 0 Å². The molecule has 1 aromatic rings. The molecule has 0 radical (unpaired) electrons. The molecule has 0 aromatic heterocycles. The summed E-state index contributed by atoms with van der Waals surface area (Å²) in [4.78, 5) is 12.1. The van der Waals surface area contributed by atoms with Crippen molar-refractivity contribution >= 4 is 17.4 Å². The van der Waals surface area contributed by atoms with E-state index in [0.29, 0.717) is 17.1 Å². The van der Waals surface area contributed by atoms with Gasteiger partial charge in [-0.05, 0) is 30.5 Å². The van der Waals surface area contributed by atoms with Crippen LogP contribution in [0.15, 0.2) is 18.2 Å². The van der Waals surface area contributed by atoms with E-state index in [9.17, 15) is 9.18 Å². The van der Waals surface area contributed by atoms with E-state index in [1.165, 1.54) is 6.07 Å². The van der Waals surface area contributed by atoms with Crippen LogP contribution in [-0.4, -0.2) is 12.3 Å². The third-order valence-corrected chi connectivity index (χ3v) is 3.89. The zero-order chi connectivity index (χ0) is 12.5. The number of ketones is 1. The Hall–Kier alpha value is -0.930. The van der Waals surface area contributed by atoms with Gasteiger partial charge in [0.2, 0.25) is 0 Å². The van der Waals surface area contributed by atoms with Crippen molar-refractivity contribution in [2.45, 2.75) is 25.7 Å². The van der Waals surface area contributed by atoms with E-state index in [1.807, 2.05) is 0 Å². The monoisotopic (exact) mass is 255 g/mol. The average molecular weight is 256 g/mol. The highest BCUT2D eigenvalue weighted by Gasteiger charge is 2.42. The summed E-state index contributed by atoms with van der Waals surface area (Å²) in [6, 6.07) is 4.40. The lowest BCUT2D eigenvalue weighted by molar-refractivity contribution is -0.132. The Morgan fingerprint density at radius 1 is 1.47 bits per heavy atom. The fourth-order valence-electron chi connectivity index (χ4n) is 2.23. The minimum Gasteiger partial charge on any atom is -0.329 e. The molecule has 2 nitrogen and oxygen atoms in total. The Morgan fingerprint density at radius 3 is 2.65 bits per heavy atom. The zero-order valence-electron chi connectivity index (χ0n) is 9.51. The van der Waals surface area contributed by atoms with Gasteiger partial charge in [0.15, 0.2) is 0 Å². The predicted molar refractivity (Wildman–Crippen MR) is 65.5 cm³/mol. The Bertz CT molecular complexity index is 438. The first-order chi connectivity index (χ1) is 8.07. The van der Waals surface area contributed by atoms with Crippen LogP contribution in [0.1, 0.15) is 24.8 Å². The van der Waals surface area contributed by atoms with Gasteiger partial charge in [0.05, 0.1) is 0 Å². The number of benzene rings is 1. The molecule has 0 heterocycles. The lowest BCUT2D eigenvalue weighted by Gasteiger charge is -2.39. The maximum Gasteiger partial charge on any atom is 0.144 e. The molecule has 1 aliphatic carbocycles. The number of hydrogen-bond acceptors (Lipinski definition) is 2. The van der Waals surface area contributed by atoms with Crippen LogP contribution in [0.25, 0.3) is 0 Å². The van der Waals surface area contributed by atoms with Gasteiger partial charge in [-0.25, -0.2) is 4.39 Å². The molecule has 2 N–H and O–H groups in total. The van der Waals surface area contributed by atoms with Crippen molar-refractivity contribution in [3.05, 3.63) is 34.6 Å². The zero-order valence-corrected chi connectivity index (χ0v) is 10.3. The number of Topliss-reactive ketones (excluding diaryl/α,β-unsaturated/α-hetero) is 1. The summed E-state index contributed by atoms with van der Waals surface area (Å²) in [5.74, 6) is -0.371. The van der Waals surface area contributed by atoms with E-state index in [4.69, 9.17) is 17.3 Å². The summed E-state index contributed by atoms with van der Waals surface area (Å²) in [6.45, 7) is 0.362. The average Bonchev–Trinajstić information content (AvgIpc) is 2.21. The van der Waals surface area contributed by atoms with Gasteiger partial charge < -0.3 is 5.73 Å². The second-order valence-corrected chi connectivity index (χ2v) is 5.11. The molecule has 2 rings (SSSR count). The summed E-state index contributed by atoms with van der Waals surface area (Å²) in [6.07, 6.45) is 2.81. The summed E-state index contributed by atoms with van der Waals surface area (Å²) in [7, 11) is 0. The second-order valence-electron chi connectivity index (χ2n) is 4.67. The van der Waals surface area contributed by atoms with Gasteiger partial charge in [-0.1, -0.05) is 24.1 Å².